The molecule has 0 bridgehead atoms. The Hall–Kier alpha value is -4.68. The highest BCUT2D eigenvalue weighted by Gasteiger charge is 2.39. The number of aliphatic carboxylic acids is 2. The molecule has 0 spiro atoms. The number of carbonyl (C=O) groups excluding carboxylic acids is 1. The van der Waals surface area contributed by atoms with E-state index >= 15 is 0 Å². The molecule has 0 atom stereocenters. The molecule has 11 nitrogen and oxygen atoms in total. The normalized spacial score (nSPS) is 13.9. The molecular weight excluding hydrogens is 730 g/mol. The van der Waals surface area contributed by atoms with Crippen LogP contribution in [0.4, 0.5) is 30.7 Å². The highest BCUT2D eigenvalue weighted by molar-refractivity contribution is 6.42. The first-order chi connectivity index (χ1) is 23.3. The number of nitrogens with zero attached hydrogens (tertiary/aromatic N) is 3. The number of nitrogens with one attached hydrogen (secondary N) is 2. The molecule has 4 aromatic rings. The average Bonchev–Trinajstić information content (AvgIpc) is 3.35. The minimum absolute atomic E-state index is 0.0102. The Kier molecular flexibility index (Phi) is 13.4. The molecule has 1 aromatic carbocycles. The molecule has 1 fully saturated rings. The fourth-order valence-electron chi connectivity index (χ4n) is 4.63. The second-order valence-corrected chi connectivity index (χ2v) is 11.4. The van der Waals surface area contributed by atoms with Crippen LogP contribution in [0.15, 0.2) is 59.8 Å². The maximum Gasteiger partial charge on any atom is 0.490 e. The fourth-order valence-corrected chi connectivity index (χ4v) is 5.07. The number of aromatic amines is 1. The molecule has 20 heteroatoms. The number of likely N-dealkylation sites (tertiary alicyclic amines) is 1. The van der Waals surface area contributed by atoms with Crippen molar-refractivity contribution in [3.8, 4) is 0 Å². The van der Waals surface area contributed by atoms with Crippen molar-refractivity contribution in [2.75, 3.05) is 13.1 Å². The Balaban J connectivity index is 0.000000408. The number of benzene rings is 1. The van der Waals surface area contributed by atoms with Crippen LogP contribution in [0.1, 0.15) is 40.0 Å². The number of carboxylic acids is 2. The number of carboxylic acid groups (broad SMARTS) is 2. The summed E-state index contributed by atoms with van der Waals surface area (Å²) in [6.07, 6.45) is -3.16. The van der Waals surface area contributed by atoms with Gasteiger partial charge in [0, 0.05) is 56.4 Å². The molecule has 0 saturated carbocycles. The smallest absolute Gasteiger partial charge is 0.475 e. The fraction of sp³-hybridized carbons (Fsp3) is 0.300. The molecule has 4 N–H and O–H groups in total. The van der Waals surface area contributed by atoms with E-state index in [4.69, 9.17) is 43.0 Å². The van der Waals surface area contributed by atoms with E-state index < -0.39 is 36.0 Å². The second kappa shape index (κ2) is 16.8. The topological polar surface area (TPSA) is 157 Å². The summed E-state index contributed by atoms with van der Waals surface area (Å²) in [6.45, 7) is 2.53. The number of rotatable bonds is 6. The van der Waals surface area contributed by atoms with Crippen LogP contribution in [0.3, 0.4) is 0 Å². The molecule has 0 aliphatic carbocycles. The summed E-state index contributed by atoms with van der Waals surface area (Å²) in [6, 6.07) is 9.92. The number of amides is 1. The van der Waals surface area contributed by atoms with Gasteiger partial charge in [0.15, 0.2) is 0 Å². The number of H-pyrrole nitrogens is 1. The number of halogens is 9. The third kappa shape index (κ3) is 11.2. The summed E-state index contributed by atoms with van der Waals surface area (Å²) < 4.78 is 79.7. The molecule has 4 heterocycles. The Morgan fingerprint density at radius 3 is 2.02 bits per heavy atom. The van der Waals surface area contributed by atoms with Gasteiger partial charge in [-0.3, -0.25) is 23.9 Å². The lowest BCUT2D eigenvalue weighted by Crippen LogP contribution is -2.44. The molecule has 0 unspecified atom stereocenters. The number of aromatic nitrogens is 3. The zero-order chi connectivity index (χ0) is 37.4. The lowest BCUT2D eigenvalue weighted by Gasteiger charge is -2.32. The van der Waals surface area contributed by atoms with Crippen molar-refractivity contribution in [1.82, 2.24) is 24.6 Å². The van der Waals surface area contributed by atoms with Gasteiger partial charge in [0.25, 0.3) is 11.5 Å². The first-order valence-corrected chi connectivity index (χ1v) is 14.9. The second-order valence-electron chi connectivity index (χ2n) is 10.6. The minimum Gasteiger partial charge on any atom is -0.475 e. The molecule has 0 radical (unpaired) electrons. The maximum absolute atomic E-state index is 14.6. The Bertz CT molecular complexity index is 1850. The van der Waals surface area contributed by atoms with E-state index in [2.05, 4.69) is 20.2 Å². The molecule has 1 amide bonds. The van der Waals surface area contributed by atoms with E-state index in [-0.39, 0.29) is 27.3 Å². The number of pyridine rings is 1. The lowest BCUT2D eigenvalue weighted by molar-refractivity contribution is -0.193. The van der Waals surface area contributed by atoms with Crippen molar-refractivity contribution in [2.45, 2.75) is 44.2 Å². The van der Waals surface area contributed by atoms with Gasteiger partial charge in [-0.15, -0.1) is 0 Å². The van der Waals surface area contributed by atoms with E-state index in [1.54, 1.807) is 35.1 Å². The number of fused-ring (bicyclic) bond motifs is 1. The van der Waals surface area contributed by atoms with Gasteiger partial charge in [-0.1, -0.05) is 29.3 Å². The van der Waals surface area contributed by atoms with E-state index in [1.165, 1.54) is 17.7 Å². The highest BCUT2D eigenvalue weighted by atomic mass is 35.5. The summed E-state index contributed by atoms with van der Waals surface area (Å²) in [4.78, 5) is 51.9. The molecule has 1 aliphatic heterocycles. The van der Waals surface area contributed by atoms with Gasteiger partial charge in [-0.2, -0.15) is 26.3 Å². The Labute approximate surface area is 287 Å². The van der Waals surface area contributed by atoms with E-state index in [0.717, 1.165) is 32.5 Å². The third-order valence-electron chi connectivity index (χ3n) is 7.01. The van der Waals surface area contributed by atoms with E-state index in [0.29, 0.717) is 23.2 Å². The van der Waals surface area contributed by atoms with Crippen molar-refractivity contribution in [1.29, 1.82) is 0 Å². The van der Waals surface area contributed by atoms with Crippen molar-refractivity contribution < 1.29 is 55.3 Å². The van der Waals surface area contributed by atoms with Crippen LogP contribution in [0.2, 0.25) is 10.2 Å². The summed E-state index contributed by atoms with van der Waals surface area (Å²) in [5, 5.41) is 17.7. The summed E-state index contributed by atoms with van der Waals surface area (Å²) >= 11 is 12.4. The first-order valence-electron chi connectivity index (χ1n) is 14.2. The van der Waals surface area contributed by atoms with Crippen LogP contribution in [0.25, 0.3) is 5.52 Å². The quantitative estimate of drug-likeness (QED) is 0.182. The van der Waals surface area contributed by atoms with Gasteiger partial charge in [-0.25, -0.2) is 14.0 Å². The molecule has 5 rings (SSSR count). The number of alkyl halides is 6. The Morgan fingerprint density at radius 2 is 1.48 bits per heavy atom. The maximum atomic E-state index is 14.6. The summed E-state index contributed by atoms with van der Waals surface area (Å²) in [5.41, 5.74) is 2.54. The van der Waals surface area contributed by atoms with Gasteiger partial charge in [0.1, 0.15) is 16.5 Å². The van der Waals surface area contributed by atoms with Crippen LogP contribution in [-0.4, -0.2) is 78.8 Å². The molecule has 3 aromatic heterocycles. The van der Waals surface area contributed by atoms with Crippen LogP contribution in [0.5, 0.6) is 0 Å². The van der Waals surface area contributed by atoms with E-state index in [1.807, 2.05) is 12.1 Å². The van der Waals surface area contributed by atoms with Gasteiger partial charge >= 0.3 is 24.3 Å². The third-order valence-corrected chi connectivity index (χ3v) is 7.77. The zero-order valence-electron chi connectivity index (χ0n) is 25.3. The number of hydrogen-bond donors (Lipinski definition) is 4. The number of piperidine rings is 1. The predicted octanol–water partition coefficient (Wildman–Crippen LogP) is 5.72. The summed E-state index contributed by atoms with van der Waals surface area (Å²) in [7, 11) is 0. The molecular formula is C30H26Cl2F7N5O6. The average molecular weight is 756 g/mol. The van der Waals surface area contributed by atoms with Crippen molar-refractivity contribution in [3.63, 3.8) is 0 Å². The molecule has 1 aliphatic rings. The SMILES string of the molecule is O=C(NC1CCN(Cc2ccncc2)CC1)c1cc(Cc2c[nH]c(=O)c3cc(Cl)c(Cl)n23)ccc1F.O=C(O)C(F)(F)F.O=C(O)C(F)(F)F. The lowest BCUT2D eigenvalue weighted by atomic mass is 10.0. The van der Waals surface area contributed by atoms with Crippen molar-refractivity contribution in [2.24, 2.45) is 0 Å². The molecule has 1 saturated heterocycles. The van der Waals surface area contributed by atoms with Crippen LogP contribution in [0, 0.1) is 5.82 Å². The molecule has 50 heavy (non-hydrogen) atoms. The van der Waals surface area contributed by atoms with Gasteiger partial charge < -0.3 is 20.5 Å². The summed E-state index contributed by atoms with van der Waals surface area (Å²) in [5.74, 6) is -6.53. The molecule has 270 valence electrons. The van der Waals surface area contributed by atoms with Gasteiger partial charge in [-0.05, 0) is 54.3 Å². The number of carbonyl (C=O) groups is 3. The van der Waals surface area contributed by atoms with Gasteiger partial charge in [0.05, 0.1) is 10.6 Å². The zero-order valence-corrected chi connectivity index (χ0v) is 26.8. The predicted molar refractivity (Wildman–Crippen MR) is 165 cm³/mol. The van der Waals surface area contributed by atoms with Crippen LogP contribution < -0.4 is 10.9 Å². The van der Waals surface area contributed by atoms with E-state index in [9.17, 15) is 40.3 Å². The van der Waals surface area contributed by atoms with Crippen molar-refractivity contribution >= 4 is 46.6 Å². The largest absolute Gasteiger partial charge is 0.490 e. The van der Waals surface area contributed by atoms with Crippen molar-refractivity contribution in [3.05, 3.63) is 104 Å². The van der Waals surface area contributed by atoms with Gasteiger partial charge in [0.2, 0.25) is 0 Å². The van der Waals surface area contributed by atoms with Crippen LogP contribution >= 0.6 is 23.2 Å². The monoisotopic (exact) mass is 755 g/mol. The number of hydrogen-bond acceptors (Lipinski definition) is 6. The Morgan fingerprint density at radius 1 is 0.920 bits per heavy atom. The van der Waals surface area contributed by atoms with Crippen LogP contribution in [-0.2, 0) is 22.6 Å². The highest BCUT2D eigenvalue weighted by Crippen LogP contribution is 2.27. The minimum atomic E-state index is -5.08. The standard InChI is InChI=1S/C26H24Cl2FN5O2.2C2HF3O2/c27-21-13-23-26(36)31-14-19(34(23)24(21)28)11-17-1-2-22(29)20(12-17)25(35)32-18-5-9-33(10-6-18)15-16-3-7-30-8-4-16;2*3-2(4,5)1(6)7/h1-4,7-8,12-14,18H,5-6,9-11,15H2,(H,31,36)(H,32,35);2*(H,6,7). The first kappa shape index (κ1) is 39.8.